The van der Waals surface area contributed by atoms with E-state index in [2.05, 4.69) is 14.3 Å². The molecule has 0 saturated carbocycles. The van der Waals surface area contributed by atoms with Gasteiger partial charge in [-0.05, 0) is 37.0 Å². The van der Waals surface area contributed by atoms with Crippen LogP contribution in [-0.4, -0.2) is 19.4 Å². The van der Waals surface area contributed by atoms with Crippen LogP contribution in [0, 0.1) is 6.92 Å². The molecule has 6 heteroatoms. The Kier molecular flexibility index (Phi) is 4.09. The molecular weight excluding hydrogens is 254 g/mol. The first-order valence-corrected chi connectivity index (χ1v) is 6.90. The van der Waals surface area contributed by atoms with Crippen LogP contribution < -0.4 is 0 Å². The lowest BCUT2D eigenvalue weighted by atomic mass is 10.2. The minimum absolute atomic E-state index is 0.474. The van der Waals surface area contributed by atoms with Gasteiger partial charge in [-0.2, -0.15) is 4.37 Å². The highest BCUT2D eigenvalue weighted by Gasteiger charge is 2.07. The third-order valence-corrected chi connectivity index (χ3v) is 4.02. The van der Waals surface area contributed by atoms with E-state index in [1.54, 1.807) is 6.20 Å². The van der Waals surface area contributed by atoms with E-state index in [0.717, 1.165) is 15.1 Å². The standard InChI is InChI=1S/C11H13N3OS2/c1-3-10(15)9-5-4-8(6-12-9)16-11-13-7(2)14-17-11/h4-6,10,15H,3H2,1-2H3/t10-/m0/s1. The van der Waals surface area contributed by atoms with E-state index in [-0.39, 0.29) is 0 Å². The molecule has 4 nitrogen and oxygen atoms in total. The smallest absolute Gasteiger partial charge is 0.174 e. The van der Waals surface area contributed by atoms with Crippen molar-refractivity contribution in [2.24, 2.45) is 0 Å². The van der Waals surface area contributed by atoms with Gasteiger partial charge in [-0.1, -0.05) is 18.7 Å². The molecule has 0 aliphatic carbocycles. The van der Waals surface area contributed by atoms with Crippen LogP contribution in [0.15, 0.2) is 27.6 Å². The summed E-state index contributed by atoms with van der Waals surface area (Å²) in [5.41, 5.74) is 0.713. The van der Waals surface area contributed by atoms with Crippen molar-refractivity contribution >= 4 is 23.3 Å². The Bertz CT molecular complexity index is 484. The number of aliphatic hydroxyl groups is 1. The van der Waals surface area contributed by atoms with Crippen LogP contribution in [0.3, 0.4) is 0 Å². The van der Waals surface area contributed by atoms with Crippen molar-refractivity contribution in [2.45, 2.75) is 35.6 Å². The molecule has 0 saturated heterocycles. The van der Waals surface area contributed by atoms with Crippen molar-refractivity contribution < 1.29 is 5.11 Å². The predicted octanol–water partition coefficient (Wildman–Crippen LogP) is 2.84. The third kappa shape index (κ3) is 3.24. The van der Waals surface area contributed by atoms with E-state index in [1.165, 1.54) is 23.3 Å². The van der Waals surface area contributed by atoms with Crippen molar-refractivity contribution in [2.75, 3.05) is 0 Å². The van der Waals surface area contributed by atoms with Crippen molar-refractivity contribution in [1.29, 1.82) is 0 Å². The lowest BCUT2D eigenvalue weighted by Crippen LogP contribution is -1.97. The number of hydrogen-bond acceptors (Lipinski definition) is 6. The third-order valence-electron chi connectivity index (χ3n) is 2.20. The van der Waals surface area contributed by atoms with Gasteiger partial charge in [0.25, 0.3) is 0 Å². The van der Waals surface area contributed by atoms with E-state index in [1.807, 2.05) is 26.0 Å². The Morgan fingerprint density at radius 3 is 2.82 bits per heavy atom. The highest BCUT2D eigenvalue weighted by Crippen LogP contribution is 2.28. The zero-order chi connectivity index (χ0) is 12.3. The molecule has 0 spiro atoms. The first-order chi connectivity index (χ1) is 8.19. The maximum absolute atomic E-state index is 9.62. The minimum atomic E-state index is -0.474. The second-order valence-corrected chi connectivity index (χ2v) is 5.62. The van der Waals surface area contributed by atoms with E-state index < -0.39 is 6.10 Å². The summed E-state index contributed by atoms with van der Waals surface area (Å²) < 4.78 is 5.03. The molecule has 0 unspecified atom stereocenters. The molecule has 2 heterocycles. The van der Waals surface area contributed by atoms with Gasteiger partial charge in [-0.3, -0.25) is 4.98 Å². The number of aromatic nitrogens is 3. The van der Waals surface area contributed by atoms with Crippen LogP contribution in [0.2, 0.25) is 0 Å². The lowest BCUT2D eigenvalue weighted by Gasteiger charge is -2.06. The van der Waals surface area contributed by atoms with E-state index in [0.29, 0.717) is 12.1 Å². The molecular formula is C11H13N3OS2. The SMILES string of the molecule is CC[C@H](O)c1ccc(Sc2nc(C)ns2)cn1. The Morgan fingerprint density at radius 1 is 1.47 bits per heavy atom. The van der Waals surface area contributed by atoms with Crippen LogP contribution in [0.5, 0.6) is 0 Å². The molecule has 0 aliphatic heterocycles. The van der Waals surface area contributed by atoms with E-state index in [9.17, 15) is 5.11 Å². The summed E-state index contributed by atoms with van der Waals surface area (Å²) in [5, 5.41) is 9.62. The quantitative estimate of drug-likeness (QED) is 0.923. The molecule has 1 N–H and O–H groups in total. The molecule has 17 heavy (non-hydrogen) atoms. The largest absolute Gasteiger partial charge is 0.387 e. The maximum Gasteiger partial charge on any atom is 0.174 e. The second kappa shape index (κ2) is 5.57. The molecule has 0 aliphatic rings. The van der Waals surface area contributed by atoms with Gasteiger partial charge in [-0.25, -0.2) is 4.98 Å². The van der Waals surface area contributed by atoms with Crippen molar-refractivity contribution in [3.05, 3.63) is 29.8 Å². The van der Waals surface area contributed by atoms with Crippen LogP contribution in [0.25, 0.3) is 0 Å². The number of aliphatic hydroxyl groups excluding tert-OH is 1. The van der Waals surface area contributed by atoms with E-state index >= 15 is 0 Å². The van der Waals surface area contributed by atoms with Gasteiger partial charge >= 0.3 is 0 Å². The van der Waals surface area contributed by atoms with Gasteiger partial charge in [0.2, 0.25) is 0 Å². The number of pyridine rings is 1. The van der Waals surface area contributed by atoms with Crippen LogP contribution >= 0.6 is 23.3 Å². The Labute approximate surface area is 108 Å². The topological polar surface area (TPSA) is 58.9 Å². The Balaban J connectivity index is 2.08. The molecule has 0 amide bonds. The van der Waals surface area contributed by atoms with Gasteiger partial charge in [0.05, 0.1) is 11.8 Å². The minimum Gasteiger partial charge on any atom is -0.387 e. The fourth-order valence-electron chi connectivity index (χ4n) is 1.28. The van der Waals surface area contributed by atoms with E-state index in [4.69, 9.17) is 0 Å². The first-order valence-electron chi connectivity index (χ1n) is 5.31. The van der Waals surface area contributed by atoms with Crippen LogP contribution in [-0.2, 0) is 0 Å². The first kappa shape index (κ1) is 12.5. The molecule has 90 valence electrons. The highest BCUT2D eigenvalue weighted by atomic mass is 32.2. The zero-order valence-electron chi connectivity index (χ0n) is 9.62. The summed E-state index contributed by atoms with van der Waals surface area (Å²) in [4.78, 5) is 9.52. The fourth-order valence-corrected chi connectivity index (χ4v) is 2.87. The van der Waals surface area contributed by atoms with Crippen molar-refractivity contribution in [1.82, 2.24) is 14.3 Å². The van der Waals surface area contributed by atoms with Gasteiger partial charge in [0, 0.05) is 11.1 Å². The highest BCUT2D eigenvalue weighted by molar-refractivity contribution is 8.01. The average molecular weight is 267 g/mol. The number of hydrogen-bond donors (Lipinski definition) is 1. The Morgan fingerprint density at radius 2 is 2.29 bits per heavy atom. The molecule has 2 rings (SSSR count). The second-order valence-electron chi connectivity index (χ2n) is 3.55. The monoisotopic (exact) mass is 267 g/mol. The van der Waals surface area contributed by atoms with Gasteiger partial charge in [0.15, 0.2) is 4.34 Å². The molecule has 0 bridgehead atoms. The predicted molar refractivity (Wildman–Crippen MR) is 68.3 cm³/mol. The maximum atomic E-state index is 9.62. The summed E-state index contributed by atoms with van der Waals surface area (Å²) in [7, 11) is 0. The normalized spacial score (nSPS) is 12.6. The fraction of sp³-hybridized carbons (Fsp3) is 0.364. The summed E-state index contributed by atoms with van der Waals surface area (Å²) in [6.45, 7) is 3.80. The van der Waals surface area contributed by atoms with Gasteiger partial charge in [-0.15, -0.1) is 0 Å². The summed E-state index contributed by atoms with van der Waals surface area (Å²) in [6, 6.07) is 3.80. The van der Waals surface area contributed by atoms with Crippen LogP contribution in [0.1, 0.15) is 31.0 Å². The molecule has 2 aromatic rings. The summed E-state index contributed by atoms with van der Waals surface area (Å²) in [6.07, 6.45) is 1.96. The molecule has 0 aromatic carbocycles. The number of nitrogens with zero attached hydrogens (tertiary/aromatic N) is 3. The molecule has 0 fully saturated rings. The van der Waals surface area contributed by atoms with Crippen molar-refractivity contribution in [3.63, 3.8) is 0 Å². The average Bonchev–Trinajstić information content (AvgIpc) is 2.75. The number of rotatable bonds is 4. The molecule has 2 aromatic heterocycles. The summed E-state index contributed by atoms with van der Waals surface area (Å²) >= 11 is 2.92. The number of aryl methyl sites for hydroxylation is 1. The molecule has 1 atom stereocenters. The van der Waals surface area contributed by atoms with Gasteiger partial charge < -0.3 is 5.11 Å². The van der Waals surface area contributed by atoms with Crippen LogP contribution in [0.4, 0.5) is 0 Å². The van der Waals surface area contributed by atoms with Crippen molar-refractivity contribution in [3.8, 4) is 0 Å². The summed E-state index contributed by atoms with van der Waals surface area (Å²) in [5.74, 6) is 0.795. The zero-order valence-corrected chi connectivity index (χ0v) is 11.3. The molecule has 0 radical (unpaired) electrons. The lowest BCUT2D eigenvalue weighted by molar-refractivity contribution is 0.169. The Hall–Kier alpha value is -0.980. The van der Waals surface area contributed by atoms with Gasteiger partial charge in [0.1, 0.15) is 5.82 Å².